The van der Waals surface area contributed by atoms with Crippen LogP contribution in [-0.2, 0) is 10.8 Å². The van der Waals surface area contributed by atoms with Gasteiger partial charge in [-0.15, -0.1) is 0 Å². The zero-order valence-electron chi connectivity index (χ0n) is 10.6. The van der Waals surface area contributed by atoms with Crippen molar-refractivity contribution in [3.05, 3.63) is 23.8 Å². The highest BCUT2D eigenvalue weighted by Gasteiger charge is 2.25. The van der Waals surface area contributed by atoms with Crippen LogP contribution in [0.5, 0.6) is 0 Å². The Bertz CT molecular complexity index is 430. The number of nitrogens with two attached hydrogens (primary N) is 1. The van der Waals surface area contributed by atoms with Crippen LogP contribution >= 0.6 is 0 Å². The molecular formula is C14H21NOS. The molecule has 3 atom stereocenters. The number of nitrogen functional groups attached to an aromatic ring is 1. The molecule has 0 aliphatic heterocycles. The first-order valence-electron chi connectivity index (χ1n) is 6.34. The van der Waals surface area contributed by atoms with Crippen LogP contribution in [0.3, 0.4) is 0 Å². The lowest BCUT2D eigenvalue weighted by Gasteiger charge is -2.26. The Labute approximate surface area is 106 Å². The third-order valence-electron chi connectivity index (χ3n) is 3.61. The maximum Gasteiger partial charge on any atom is 0.0563 e. The van der Waals surface area contributed by atoms with Crippen LogP contribution < -0.4 is 5.73 Å². The Morgan fingerprint density at radius 2 is 2.12 bits per heavy atom. The van der Waals surface area contributed by atoms with Gasteiger partial charge in [0.2, 0.25) is 0 Å². The van der Waals surface area contributed by atoms with Crippen LogP contribution in [0.15, 0.2) is 23.1 Å². The van der Waals surface area contributed by atoms with E-state index in [1.165, 1.54) is 12.8 Å². The molecule has 17 heavy (non-hydrogen) atoms. The van der Waals surface area contributed by atoms with Crippen molar-refractivity contribution in [2.45, 2.75) is 49.7 Å². The minimum atomic E-state index is -0.866. The average Bonchev–Trinajstić information content (AvgIpc) is 2.28. The largest absolute Gasteiger partial charge is 0.399 e. The Kier molecular flexibility index (Phi) is 3.87. The molecule has 3 unspecified atom stereocenters. The lowest BCUT2D eigenvalue weighted by atomic mass is 9.91. The van der Waals surface area contributed by atoms with Gasteiger partial charge in [-0.25, -0.2) is 0 Å². The van der Waals surface area contributed by atoms with E-state index in [-0.39, 0.29) is 0 Å². The lowest BCUT2D eigenvalue weighted by Crippen LogP contribution is -2.23. The average molecular weight is 251 g/mol. The minimum Gasteiger partial charge on any atom is -0.399 e. The molecule has 2 nitrogen and oxygen atoms in total. The van der Waals surface area contributed by atoms with Crippen molar-refractivity contribution in [3.63, 3.8) is 0 Å². The molecule has 0 radical (unpaired) electrons. The fourth-order valence-corrected chi connectivity index (χ4v) is 4.47. The number of aryl methyl sites for hydroxylation is 1. The van der Waals surface area contributed by atoms with Crippen molar-refractivity contribution in [1.29, 1.82) is 0 Å². The third kappa shape index (κ3) is 2.89. The van der Waals surface area contributed by atoms with Gasteiger partial charge in [0.05, 0.1) is 10.8 Å². The second-order valence-electron chi connectivity index (χ2n) is 5.22. The van der Waals surface area contributed by atoms with Gasteiger partial charge in [0.15, 0.2) is 0 Å². The Morgan fingerprint density at radius 1 is 1.35 bits per heavy atom. The number of rotatable bonds is 2. The quantitative estimate of drug-likeness (QED) is 0.820. The summed E-state index contributed by atoms with van der Waals surface area (Å²) in [7, 11) is -0.866. The number of benzene rings is 1. The second-order valence-corrected chi connectivity index (χ2v) is 6.92. The summed E-state index contributed by atoms with van der Waals surface area (Å²) in [4.78, 5) is 0.971. The minimum absolute atomic E-state index is 0.334. The predicted octanol–water partition coefficient (Wildman–Crippen LogP) is 3.26. The smallest absolute Gasteiger partial charge is 0.0563 e. The normalized spacial score (nSPS) is 26.7. The molecule has 0 heterocycles. The molecule has 3 heteroatoms. The number of hydrogen-bond acceptors (Lipinski definition) is 2. The van der Waals surface area contributed by atoms with Gasteiger partial charge in [0.1, 0.15) is 0 Å². The van der Waals surface area contributed by atoms with Crippen LogP contribution in [0.25, 0.3) is 0 Å². The first-order chi connectivity index (χ1) is 8.08. The van der Waals surface area contributed by atoms with E-state index in [2.05, 4.69) is 6.92 Å². The maximum atomic E-state index is 12.5. The molecule has 1 aliphatic carbocycles. The topological polar surface area (TPSA) is 43.1 Å². The van der Waals surface area contributed by atoms with Gasteiger partial charge in [-0.2, -0.15) is 0 Å². The Morgan fingerprint density at radius 3 is 2.76 bits per heavy atom. The van der Waals surface area contributed by atoms with E-state index < -0.39 is 10.8 Å². The highest BCUT2D eigenvalue weighted by Crippen LogP contribution is 2.30. The number of anilines is 1. The van der Waals surface area contributed by atoms with Crippen molar-refractivity contribution in [2.75, 3.05) is 5.73 Å². The molecule has 2 rings (SSSR count). The molecule has 1 aliphatic rings. The summed E-state index contributed by atoms with van der Waals surface area (Å²) >= 11 is 0. The molecule has 0 aromatic heterocycles. The molecule has 0 bridgehead atoms. The second kappa shape index (κ2) is 5.21. The van der Waals surface area contributed by atoms with E-state index in [4.69, 9.17) is 5.73 Å². The summed E-state index contributed by atoms with van der Waals surface area (Å²) in [5.74, 6) is 0.715. The third-order valence-corrected chi connectivity index (χ3v) is 5.53. The van der Waals surface area contributed by atoms with Gasteiger partial charge in [0.25, 0.3) is 0 Å². The molecule has 1 aromatic rings. The van der Waals surface area contributed by atoms with Crippen LogP contribution in [0.4, 0.5) is 5.69 Å². The lowest BCUT2D eigenvalue weighted by molar-refractivity contribution is 0.389. The molecule has 2 N–H and O–H groups in total. The van der Waals surface area contributed by atoms with Crippen molar-refractivity contribution >= 4 is 16.5 Å². The van der Waals surface area contributed by atoms with Gasteiger partial charge in [-0.05, 0) is 49.4 Å². The van der Waals surface area contributed by atoms with Gasteiger partial charge in [-0.1, -0.05) is 19.8 Å². The predicted molar refractivity (Wildman–Crippen MR) is 73.4 cm³/mol. The van der Waals surface area contributed by atoms with E-state index in [0.717, 1.165) is 29.0 Å². The van der Waals surface area contributed by atoms with E-state index in [9.17, 15) is 4.21 Å². The van der Waals surface area contributed by atoms with E-state index >= 15 is 0 Å². The van der Waals surface area contributed by atoms with E-state index in [1.807, 2.05) is 25.1 Å². The van der Waals surface area contributed by atoms with Crippen molar-refractivity contribution in [1.82, 2.24) is 0 Å². The van der Waals surface area contributed by atoms with Gasteiger partial charge < -0.3 is 5.73 Å². The van der Waals surface area contributed by atoms with E-state index in [1.54, 1.807) is 0 Å². The monoisotopic (exact) mass is 251 g/mol. The summed E-state index contributed by atoms with van der Waals surface area (Å²) in [6.07, 6.45) is 4.69. The van der Waals surface area contributed by atoms with Crippen molar-refractivity contribution < 1.29 is 4.21 Å². The Balaban J connectivity index is 2.18. The fraction of sp³-hybridized carbons (Fsp3) is 0.571. The molecule has 0 saturated heterocycles. The maximum absolute atomic E-state index is 12.5. The Hall–Kier alpha value is -0.830. The first-order valence-corrected chi connectivity index (χ1v) is 7.56. The zero-order chi connectivity index (χ0) is 12.4. The van der Waals surface area contributed by atoms with Gasteiger partial charge in [0, 0.05) is 15.8 Å². The standard InChI is InChI=1S/C14H21NOS/c1-10-4-3-5-13(8-10)17(16)14-7-6-12(15)9-11(14)2/h6-7,9-10,13H,3-5,8,15H2,1-2H3. The zero-order valence-corrected chi connectivity index (χ0v) is 11.4. The summed E-state index contributed by atoms with van der Waals surface area (Å²) in [5, 5.41) is 0.334. The summed E-state index contributed by atoms with van der Waals surface area (Å²) < 4.78 is 12.5. The SMILES string of the molecule is Cc1cc(N)ccc1S(=O)C1CCCC(C)C1. The summed E-state index contributed by atoms with van der Waals surface area (Å²) in [6, 6.07) is 5.70. The fourth-order valence-electron chi connectivity index (χ4n) is 2.65. The van der Waals surface area contributed by atoms with Crippen molar-refractivity contribution in [3.8, 4) is 0 Å². The van der Waals surface area contributed by atoms with Crippen LogP contribution in [0.1, 0.15) is 38.2 Å². The summed E-state index contributed by atoms with van der Waals surface area (Å²) in [6.45, 7) is 4.26. The molecule has 94 valence electrons. The van der Waals surface area contributed by atoms with Crippen LogP contribution in [-0.4, -0.2) is 9.46 Å². The van der Waals surface area contributed by atoms with Crippen molar-refractivity contribution in [2.24, 2.45) is 5.92 Å². The summed E-state index contributed by atoms with van der Waals surface area (Å²) in [5.41, 5.74) is 7.54. The molecule has 1 aromatic carbocycles. The molecule has 0 amide bonds. The van der Waals surface area contributed by atoms with Gasteiger partial charge in [-0.3, -0.25) is 4.21 Å². The highest BCUT2D eigenvalue weighted by molar-refractivity contribution is 7.85. The van der Waals surface area contributed by atoms with Gasteiger partial charge >= 0.3 is 0 Å². The first kappa shape index (κ1) is 12.6. The molecule has 0 spiro atoms. The molecule has 1 fully saturated rings. The van der Waals surface area contributed by atoms with Crippen LogP contribution in [0.2, 0.25) is 0 Å². The van der Waals surface area contributed by atoms with E-state index in [0.29, 0.717) is 11.2 Å². The highest BCUT2D eigenvalue weighted by atomic mass is 32.2. The number of hydrogen-bond donors (Lipinski definition) is 1. The molecular weight excluding hydrogens is 230 g/mol. The molecule has 1 saturated carbocycles. The van der Waals surface area contributed by atoms with Crippen LogP contribution in [0, 0.1) is 12.8 Å².